The van der Waals surface area contributed by atoms with Crippen LogP contribution in [0.4, 0.5) is 5.69 Å². The van der Waals surface area contributed by atoms with E-state index in [4.69, 9.17) is 0 Å². The zero-order chi connectivity index (χ0) is 19.3. The highest BCUT2D eigenvalue weighted by molar-refractivity contribution is 7.99. The SMILES string of the molecule is Cc1cccc(NC(=O)CNC(=O)CSc2nc(C)c(C)c(C)n2)c1C. The molecule has 0 spiro atoms. The van der Waals surface area contributed by atoms with Gasteiger partial charge in [0.1, 0.15) is 0 Å². The fraction of sp³-hybridized carbons (Fsp3) is 0.368. The summed E-state index contributed by atoms with van der Waals surface area (Å²) >= 11 is 1.26. The van der Waals surface area contributed by atoms with Gasteiger partial charge in [-0.15, -0.1) is 0 Å². The second kappa shape index (κ2) is 8.80. The molecule has 0 unspecified atom stereocenters. The van der Waals surface area contributed by atoms with Gasteiger partial charge in [0.05, 0.1) is 12.3 Å². The number of carbonyl (C=O) groups excluding carboxylic acids is 2. The summed E-state index contributed by atoms with van der Waals surface area (Å²) in [6, 6.07) is 5.72. The number of thioether (sulfide) groups is 1. The molecule has 2 N–H and O–H groups in total. The molecule has 0 aliphatic heterocycles. The molecule has 0 aliphatic rings. The van der Waals surface area contributed by atoms with Crippen molar-refractivity contribution in [3.8, 4) is 0 Å². The van der Waals surface area contributed by atoms with Gasteiger partial charge in [0, 0.05) is 17.1 Å². The van der Waals surface area contributed by atoms with E-state index >= 15 is 0 Å². The summed E-state index contributed by atoms with van der Waals surface area (Å²) in [5.74, 6) is -0.320. The number of nitrogens with zero attached hydrogens (tertiary/aromatic N) is 2. The molecule has 1 aromatic heterocycles. The van der Waals surface area contributed by atoms with E-state index in [0.29, 0.717) is 5.16 Å². The molecule has 0 radical (unpaired) electrons. The van der Waals surface area contributed by atoms with Crippen molar-refractivity contribution in [2.45, 2.75) is 39.8 Å². The van der Waals surface area contributed by atoms with Gasteiger partial charge in [0.2, 0.25) is 11.8 Å². The summed E-state index contributed by atoms with van der Waals surface area (Å²) in [6.45, 7) is 9.68. The second-order valence-electron chi connectivity index (χ2n) is 6.16. The number of rotatable bonds is 6. The number of amides is 2. The van der Waals surface area contributed by atoms with E-state index in [0.717, 1.165) is 33.8 Å². The number of aromatic nitrogens is 2. The van der Waals surface area contributed by atoms with Crippen molar-refractivity contribution >= 4 is 29.3 Å². The van der Waals surface area contributed by atoms with Crippen LogP contribution in [0.15, 0.2) is 23.4 Å². The number of hydrogen-bond acceptors (Lipinski definition) is 5. The molecule has 0 fully saturated rings. The Labute approximate surface area is 158 Å². The van der Waals surface area contributed by atoms with E-state index in [9.17, 15) is 9.59 Å². The number of nitrogens with one attached hydrogen (secondary N) is 2. The fourth-order valence-corrected chi connectivity index (χ4v) is 3.01. The highest BCUT2D eigenvalue weighted by Crippen LogP contribution is 2.18. The lowest BCUT2D eigenvalue weighted by molar-refractivity contribution is -0.122. The van der Waals surface area contributed by atoms with Crippen LogP contribution in [-0.4, -0.2) is 34.1 Å². The van der Waals surface area contributed by atoms with Crippen molar-refractivity contribution in [2.75, 3.05) is 17.6 Å². The first-order chi connectivity index (χ1) is 12.3. The third kappa shape index (κ3) is 5.29. The molecule has 2 amide bonds. The Balaban J connectivity index is 1.81. The molecule has 138 valence electrons. The quantitative estimate of drug-likeness (QED) is 0.602. The maximum Gasteiger partial charge on any atom is 0.243 e. The minimum absolute atomic E-state index is 0.0699. The first-order valence-electron chi connectivity index (χ1n) is 8.35. The summed E-state index contributed by atoms with van der Waals surface area (Å²) in [5.41, 5.74) is 5.76. The van der Waals surface area contributed by atoms with Crippen LogP contribution in [0.25, 0.3) is 0 Å². The molecule has 0 saturated carbocycles. The Bertz CT molecular complexity index is 813. The van der Waals surface area contributed by atoms with Gasteiger partial charge < -0.3 is 10.6 Å². The molecule has 1 aromatic carbocycles. The Kier molecular flexibility index (Phi) is 6.74. The maximum atomic E-state index is 12.0. The third-order valence-corrected chi connectivity index (χ3v) is 5.12. The normalized spacial score (nSPS) is 10.5. The highest BCUT2D eigenvalue weighted by Gasteiger charge is 2.10. The van der Waals surface area contributed by atoms with Crippen LogP contribution in [0.1, 0.15) is 28.1 Å². The topological polar surface area (TPSA) is 84.0 Å². The van der Waals surface area contributed by atoms with Gasteiger partial charge in [-0.2, -0.15) is 0 Å². The minimum Gasteiger partial charge on any atom is -0.346 e. The van der Waals surface area contributed by atoms with Crippen LogP contribution in [0.5, 0.6) is 0 Å². The average Bonchev–Trinajstić information content (AvgIpc) is 2.60. The largest absolute Gasteiger partial charge is 0.346 e. The lowest BCUT2D eigenvalue weighted by Gasteiger charge is -2.11. The Hall–Kier alpha value is -2.41. The van der Waals surface area contributed by atoms with Crippen molar-refractivity contribution in [1.29, 1.82) is 0 Å². The molecule has 1 heterocycles. The highest BCUT2D eigenvalue weighted by atomic mass is 32.2. The Morgan fingerprint density at radius 1 is 0.962 bits per heavy atom. The maximum absolute atomic E-state index is 12.0. The lowest BCUT2D eigenvalue weighted by Crippen LogP contribution is -2.34. The monoisotopic (exact) mass is 372 g/mol. The molecular weight excluding hydrogens is 348 g/mol. The van der Waals surface area contributed by atoms with Gasteiger partial charge in [0.15, 0.2) is 5.16 Å². The van der Waals surface area contributed by atoms with E-state index in [2.05, 4.69) is 20.6 Å². The number of benzene rings is 1. The predicted molar refractivity (Wildman–Crippen MR) is 105 cm³/mol. The lowest BCUT2D eigenvalue weighted by atomic mass is 10.1. The second-order valence-corrected chi connectivity index (χ2v) is 7.11. The first kappa shape index (κ1) is 19.9. The average molecular weight is 372 g/mol. The van der Waals surface area contributed by atoms with Crippen LogP contribution >= 0.6 is 11.8 Å². The molecule has 2 aromatic rings. The number of carbonyl (C=O) groups is 2. The van der Waals surface area contributed by atoms with Crippen LogP contribution in [0.3, 0.4) is 0 Å². The summed E-state index contributed by atoms with van der Waals surface area (Å²) in [7, 11) is 0. The van der Waals surface area contributed by atoms with E-state index in [1.54, 1.807) is 0 Å². The van der Waals surface area contributed by atoms with E-state index in [-0.39, 0.29) is 24.1 Å². The molecule has 7 heteroatoms. The van der Waals surface area contributed by atoms with Gasteiger partial charge in [-0.3, -0.25) is 9.59 Å². The van der Waals surface area contributed by atoms with E-state index in [1.807, 2.05) is 52.8 Å². The first-order valence-corrected chi connectivity index (χ1v) is 9.34. The van der Waals surface area contributed by atoms with E-state index < -0.39 is 0 Å². The van der Waals surface area contributed by atoms with Crippen molar-refractivity contribution in [3.63, 3.8) is 0 Å². The summed E-state index contributed by atoms with van der Waals surface area (Å²) in [6.07, 6.45) is 0. The van der Waals surface area contributed by atoms with Gasteiger partial charge in [-0.1, -0.05) is 23.9 Å². The van der Waals surface area contributed by atoms with Gasteiger partial charge in [-0.05, 0) is 57.4 Å². The molecule has 0 saturated heterocycles. The third-order valence-electron chi connectivity index (χ3n) is 4.27. The molecule has 2 rings (SSSR count). The van der Waals surface area contributed by atoms with Crippen molar-refractivity contribution in [2.24, 2.45) is 0 Å². The number of hydrogen-bond donors (Lipinski definition) is 2. The number of anilines is 1. The zero-order valence-corrected chi connectivity index (χ0v) is 16.6. The van der Waals surface area contributed by atoms with Crippen molar-refractivity contribution < 1.29 is 9.59 Å². The van der Waals surface area contributed by atoms with Crippen LogP contribution < -0.4 is 10.6 Å². The van der Waals surface area contributed by atoms with Gasteiger partial charge >= 0.3 is 0 Å². The van der Waals surface area contributed by atoms with E-state index in [1.165, 1.54) is 11.8 Å². The van der Waals surface area contributed by atoms with Crippen molar-refractivity contribution in [1.82, 2.24) is 15.3 Å². The van der Waals surface area contributed by atoms with Gasteiger partial charge in [0.25, 0.3) is 0 Å². The molecular formula is C19H24N4O2S. The van der Waals surface area contributed by atoms with Crippen LogP contribution in [0.2, 0.25) is 0 Å². The molecule has 0 atom stereocenters. The smallest absolute Gasteiger partial charge is 0.243 e. The summed E-state index contributed by atoms with van der Waals surface area (Å²) in [5, 5.41) is 6.01. The van der Waals surface area contributed by atoms with Crippen LogP contribution in [0, 0.1) is 34.6 Å². The zero-order valence-electron chi connectivity index (χ0n) is 15.8. The summed E-state index contributed by atoms with van der Waals surface area (Å²) < 4.78 is 0. The Morgan fingerprint density at radius 3 is 2.27 bits per heavy atom. The number of aryl methyl sites for hydroxylation is 3. The Morgan fingerprint density at radius 2 is 1.62 bits per heavy atom. The standard InChI is InChI=1S/C19H24N4O2S/c1-11-7-6-8-16(12(11)2)23-17(24)9-20-18(25)10-26-19-21-14(4)13(3)15(5)22-19/h6-8H,9-10H2,1-5H3,(H,20,25)(H,23,24). The van der Waals surface area contributed by atoms with Gasteiger partial charge in [-0.25, -0.2) is 9.97 Å². The molecule has 26 heavy (non-hydrogen) atoms. The fourth-order valence-electron chi connectivity index (χ4n) is 2.25. The molecule has 0 aliphatic carbocycles. The molecule has 6 nitrogen and oxygen atoms in total. The minimum atomic E-state index is -0.254. The van der Waals surface area contributed by atoms with Crippen molar-refractivity contribution in [3.05, 3.63) is 46.3 Å². The van der Waals surface area contributed by atoms with Crippen LogP contribution in [-0.2, 0) is 9.59 Å². The molecule has 0 bridgehead atoms. The predicted octanol–water partition coefficient (Wildman–Crippen LogP) is 2.87. The summed E-state index contributed by atoms with van der Waals surface area (Å²) in [4.78, 5) is 32.7.